The fourth-order valence-electron chi connectivity index (χ4n) is 3.27. The van der Waals surface area contributed by atoms with Crippen molar-refractivity contribution in [1.29, 1.82) is 0 Å². The highest BCUT2D eigenvalue weighted by molar-refractivity contribution is 6.62. The molecular formula is C19H30BNO3. The second-order valence-electron chi connectivity index (χ2n) is 8.06. The van der Waals surface area contributed by atoms with Crippen LogP contribution >= 0.6 is 0 Å². The van der Waals surface area contributed by atoms with Crippen LogP contribution in [0.15, 0.2) is 18.2 Å². The van der Waals surface area contributed by atoms with Gasteiger partial charge >= 0.3 is 7.12 Å². The highest BCUT2D eigenvalue weighted by atomic mass is 16.7. The van der Waals surface area contributed by atoms with Crippen LogP contribution in [0.2, 0.25) is 0 Å². The molecule has 3 rings (SSSR count). The first-order chi connectivity index (χ1) is 11.3. The molecule has 0 amide bonds. The van der Waals surface area contributed by atoms with Crippen LogP contribution in [-0.4, -0.2) is 49.5 Å². The van der Waals surface area contributed by atoms with Gasteiger partial charge in [0.1, 0.15) is 12.4 Å². The van der Waals surface area contributed by atoms with Crippen LogP contribution in [0.4, 0.5) is 0 Å². The van der Waals surface area contributed by atoms with Gasteiger partial charge in [-0.05, 0) is 83.7 Å². The molecule has 2 aliphatic heterocycles. The van der Waals surface area contributed by atoms with Crippen molar-refractivity contribution in [2.75, 3.05) is 26.2 Å². The highest BCUT2D eigenvalue weighted by Crippen LogP contribution is 2.36. The van der Waals surface area contributed by atoms with Crippen molar-refractivity contribution < 1.29 is 14.0 Å². The third-order valence-electron chi connectivity index (χ3n) is 5.47. The van der Waals surface area contributed by atoms with Crippen molar-refractivity contribution in [3.8, 4) is 5.75 Å². The Morgan fingerprint density at radius 3 is 2.29 bits per heavy atom. The van der Waals surface area contributed by atoms with E-state index in [-0.39, 0.29) is 18.3 Å². The van der Waals surface area contributed by atoms with Crippen LogP contribution in [0, 0.1) is 6.92 Å². The first-order valence-corrected chi connectivity index (χ1v) is 9.09. The summed E-state index contributed by atoms with van der Waals surface area (Å²) in [7, 11) is -0.337. The molecule has 0 aromatic heterocycles. The number of hydrogen-bond donors (Lipinski definition) is 0. The summed E-state index contributed by atoms with van der Waals surface area (Å²) in [5.41, 5.74) is 1.55. The van der Waals surface area contributed by atoms with Crippen LogP contribution in [0.3, 0.4) is 0 Å². The maximum absolute atomic E-state index is 6.16. The minimum Gasteiger partial charge on any atom is -0.492 e. The molecule has 2 aliphatic rings. The van der Waals surface area contributed by atoms with Gasteiger partial charge in [0.15, 0.2) is 0 Å². The van der Waals surface area contributed by atoms with Crippen LogP contribution in [0.1, 0.15) is 46.1 Å². The van der Waals surface area contributed by atoms with Crippen LogP contribution in [0.5, 0.6) is 5.75 Å². The number of nitrogens with zero attached hydrogens (tertiary/aromatic N) is 1. The lowest BCUT2D eigenvalue weighted by atomic mass is 9.78. The molecule has 0 radical (unpaired) electrons. The van der Waals surface area contributed by atoms with Gasteiger partial charge in [-0.25, -0.2) is 0 Å². The smallest absolute Gasteiger partial charge is 0.492 e. The fourth-order valence-corrected chi connectivity index (χ4v) is 3.27. The Kier molecular flexibility index (Phi) is 4.96. The predicted molar refractivity (Wildman–Crippen MR) is 98.1 cm³/mol. The Bertz CT molecular complexity index is 566. The van der Waals surface area contributed by atoms with Crippen molar-refractivity contribution in [2.45, 2.75) is 58.7 Å². The summed E-state index contributed by atoms with van der Waals surface area (Å²) in [4.78, 5) is 2.46. The molecule has 0 saturated carbocycles. The zero-order chi connectivity index (χ0) is 17.4. The molecule has 0 atom stereocenters. The van der Waals surface area contributed by atoms with E-state index in [0.717, 1.165) is 24.4 Å². The van der Waals surface area contributed by atoms with Gasteiger partial charge in [-0.15, -0.1) is 0 Å². The first-order valence-electron chi connectivity index (χ1n) is 9.09. The average Bonchev–Trinajstić information content (AvgIpc) is 3.05. The average molecular weight is 331 g/mol. The van der Waals surface area contributed by atoms with Crippen molar-refractivity contribution in [2.24, 2.45) is 0 Å². The van der Waals surface area contributed by atoms with E-state index in [1.807, 2.05) is 0 Å². The molecule has 4 nitrogen and oxygen atoms in total. The quantitative estimate of drug-likeness (QED) is 0.777. The van der Waals surface area contributed by atoms with Gasteiger partial charge in [0.25, 0.3) is 0 Å². The molecule has 0 bridgehead atoms. The van der Waals surface area contributed by atoms with Crippen LogP contribution < -0.4 is 10.2 Å². The van der Waals surface area contributed by atoms with Crippen LogP contribution in [0.25, 0.3) is 0 Å². The molecule has 0 spiro atoms. The third-order valence-corrected chi connectivity index (χ3v) is 5.47. The van der Waals surface area contributed by atoms with Gasteiger partial charge in [-0.1, -0.05) is 6.07 Å². The van der Waals surface area contributed by atoms with Gasteiger partial charge in [0.2, 0.25) is 0 Å². The summed E-state index contributed by atoms with van der Waals surface area (Å²) in [5.74, 6) is 0.902. The summed E-state index contributed by atoms with van der Waals surface area (Å²) in [6.45, 7) is 14.5. The maximum Gasteiger partial charge on any atom is 0.494 e. The molecule has 132 valence electrons. The Labute approximate surface area is 146 Å². The van der Waals surface area contributed by atoms with E-state index in [1.54, 1.807) is 0 Å². The number of aryl methyl sites for hydroxylation is 1. The molecule has 1 aromatic carbocycles. The summed E-state index contributed by atoms with van der Waals surface area (Å²) in [6.07, 6.45) is 2.63. The van der Waals surface area contributed by atoms with E-state index in [9.17, 15) is 0 Å². The molecule has 0 unspecified atom stereocenters. The second kappa shape index (κ2) is 6.70. The lowest BCUT2D eigenvalue weighted by Gasteiger charge is -2.32. The van der Waals surface area contributed by atoms with Gasteiger partial charge in [0.05, 0.1) is 11.2 Å². The van der Waals surface area contributed by atoms with Crippen LogP contribution in [-0.2, 0) is 9.31 Å². The molecule has 5 heteroatoms. The monoisotopic (exact) mass is 331 g/mol. The minimum atomic E-state index is -0.337. The van der Waals surface area contributed by atoms with Gasteiger partial charge in [-0.3, -0.25) is 4.90 Å². The van der Waals surface area contributed by atoms with E-state index in [1.165, 1.54) is 31.5 Å². The summed E-state index contributed by atoms with van der Waals surface area (Å²) < 4.78 is 18.3. The minimum absolute atomic E-state index is 0.321. The SMILES string of the molecule is Cc1cc(OCCN2CCCC2)cc(B2OC(C)(C)C(C)(C)O2)c1. The van der Waals surface area contributed by atoms with Crippen molar-refractivity contribution in [3.63, 3.8) is 0 Å². The number of rotatable bonds is 5. The molecular weight excluding hydrogens is 301 g/mol. The lowest BCUT2D eigenvalue weighted by Crippen LogP contribution is -2.41. The Hall–Kier alpha value is -1.04. The summed E-state index contributed by atoms with van der Waals surface area (Å²) in [5, 5.41) is 0. The number of likely N-dealkylation sites (tertiary alicyclic amines) is 1. The topological polar surface area (TPSA) is 30.9 Å². The fraction of sp³-hybridized carbons (Fsp3) is 0.684. The maximum atomic E-state index is 6.16. The highest BCUT2D eigenvalue weighted by Gasteiger charge is 2.51. The molecule has 2 heterocycles. The molecule has 1 aromatic rings. The van der Waals surface area contributed by atoms with Crippen molar-refractivity contribution in [3.05, 3.63) is 23.8 Å². The van der Waals surface area contributed by atoms with Gasteiger partial charge in [-0.2, -0.15) is 0 Å². The molecule has 2 saturated heterocycles. The molecule has 2 fully saturated rings. The number of ether oxygens (including phenoxy) is 1. The summed E-state index contributed by atoms with van der Waals surface area (Å²) in [6, 6.07) is 6.26. The predicted octanol–water partition coefficient (Wildman–Crippen LogP) is 2.77. The first kappa shape index (κ1) is 17.8. The molecule has 24 heavy (non-hydrogen) atoms. The Morgan fingerprint density at radius 2 is 1.67 bits per heavy atom. The van der Waals surface area contributed by atoms with Gasteiger partial charge < -0.3 is 14.0 Å². The largest absolute Gasteiger partial charge is 0.494 e. The molecule has 0 aliphatic carbocycles. The van der Waals surface area contributed by atoms with E-state index in [2.05, 4.69) is 57.7 Å². The normalized spacial score (nSPS) is 23.0. The van der Waals surface area contributed by atoms with Crippen molar-refractivity contribution >= 4 is 12.6 Å². The number of benzene rings is 1. The standard InChI is InChI=1S/C19H30BNO3/c1-15-12-16(20-23-18(2,3)19(4,5)24-20)14-17(13-15)22-11-10-21-8-6-7-9-21/h12-14H,6-11H2,1-5H3. The van der Waals surface area contributed by atoms with E-state index < -0.39 is 0 Å². The van der Waals surface area contributed by atoms with E-state index in [0.29, 0.717) is 0 Å². The van der Waals surface area contributed by atoms with E-state index >= 15 is 0 Å². The second-order valence-corrected chi connectivity index (χ2v) is 8.06. The summed E-state index contributed by atoms with van der Waals surface area (Å²) >= 11 is 0. The Balaban J connectivity index is 1.65. The third kappa shape index (κ3) is 3.79. The Morgan fingerprint density at radius 1 is 1.04 bits per heavy atom. The molecule has 0 N–H and O–H groups in total. The lowest BCUT2D eigenvalue weighted by molar-refractivity contribution is 0.00578. The zero-order valence-corrected chi connectivity index (χ0v) is 15.7. The number of hydrogen-bond acceptors (Lipinski definition) is 4. The van der Waals surface area contributed by atoms with E-state index in [4.69, 9.17) is 14.0 Å². The van der Waals surface area contributed by atoms with Gasteiger partial charge in [0, 0.05) is 6.54 Å². The van der Waals surface area contributed by atoms with Crippen molar-refractivity contribution in [1.82, 2.24) is 4.90 Å². The zero-order valence-electron chi connectivity index (χ0n) is 15.7.